The highest BCUT2D eigenvalue weighted by Gasteiger charge is 2.11. The van der Waals surface area contributed by atoms with E-state index in [0.29, 0.717) is 6.04 Å². The lowest BCUT2D eigenvalue weighted by Crippen LogP contribution is -2.20. The van der Waals surface area contributed by atoms with Crippen LogP contribution in [0.1, 0.15) is 41.1 Å². The second-order valence-corrected chi connectivity index (χ2v) is 6.72. The van der Waals surface area contributed by atoms with E-state index < -0.39 is 0 Å². The molecule has 0 fully saturated rings. The molecule has 1 atom stereocenters. The first-order valence-electron chi connectivity index (χ1n) is 6.60. The third-order valence-electron chi connectivity index (χ3n) is 3.10. The van der Waals surface area contributed by atoms with Crippen LogP contribution in [-0.4, -0.2) is 6.54 Å². The van der Waals surface area contributed by atoms with E-state index in [2.05, 4.69) is 48.1 Å². The third-order valence-corrected chi connectivity index (χ3v) is 4.92. The maximum absolute atomic E-state index is 3.60. The number of nitrogens with one attached hydrogen (secondary N) is 1. The standard InChI is InChI=1S/C15H21NS2/c1-3-16-15(13-10-12(2)18-11-13)8-4-6-14-7-5-9-17-14/h5,7,9-11,15-16H,3-4,6,8H2,1-2H3. The highest BCUT2D eigenvalue weighted by Crippen LogP contribution is 2.25. The predicted molar refractivity (Wildman–Crippen MR) is 82.7 cm³/mol. The lowest BCUT2D eigenvalue weighted by Gasteiger charge is -2.16. The first-order chi connectivity index (χ1) is 8.79. The van der Waals surface area contributed by atoms with Gasteiger partial charge in [-0.25, -0.2) is 0 Å². The van der Waals surface area contributed by atoms with Crippen LogP contribution in [0.4, 0.5) is 0 Å². The molecule has 1 N–H and O–H groups in total. The van der Waals surface area contributed by atoms with Gasteiger partial charge in [-0.3, -0.25) is 0 Å². The molecule has 2 aromatic rings. The summed E-state index contributed by atoms with van der Waals surface area (Å²) in [6, 6.07) is 7.23. The highest BCUT2D eigenvalue weighted by molar-refractivity contribution is 7.10. The average Bonchev–Trinajstić information content (AvgIpc) is 2.99. The molecule has 0 aliphatic heterocycles. The van der Waals surface area contributed by atoms with E-state index in [0.717, 1.165) is 6.54 Å². The van der Waals surface area contributed by atoms with Gasteiger partial charge in [-0.15, -0.1) is 22.7 Å². The topological polar surface area (TPSA) is 12.0 Å². The number of aryl methyl sites for hydroxylation is 2. The van der Waals surface area contributed by atoms with Crippen LogP contribution >= 0.6 is 22.7 Å². The highest BCUT2D eigenvalue weighted by atomic mass is 32.1. The Morgan fingerprint density at radius 1 is 1.33 bits per heavy atom. The van der Waals surface area contributed by atoms with Gasteiger partial charge < -0.3 is 5.32 Å². The zero-order valence-electron chi connectivity index (χ0n) is 11.1. The normalized spacial score (nSPS) is 12.8. The van der Waals surface area contributed by atoms with Crippen LogP contribution in [0.5, 0.6) is 0 Å². The zero-order valence-corrected chi connectivity index (χ0v) is 12.7. The summed E-state index contributed by atoms with van der Waals surface area (Å²) in [5.41, 5.74) is 1.46. The van der Waals surface area contributed by atoms with Crippen molar-refractivity contribution in [3.8, 4) is 0 Å². The molecule has 1 unspecified atom stereocenters. The van der Waals surface area contributed by atoms with Crippen LogP contribution in [0.25, 0.3) is 0 Å². The smallest absolute Gasteiger partial charge is 0.0328 e. The van der Waals surface area contributed by atoms with Gasteiger partial charge in [-0.1, -0.05) is 13.0 Å². The summed E-state index contributed by atoms with van der Waals surface area (Å²) in [7, 11) is 0. The molecule has 18 heavy (non-hydrogen) atoms. The van der Waals surface area contributed by atoms with Crippen LogP contribution in [-0.2, 0) is 6.42 Å². The van der Waals surface area contributed by atoms with Crippen LogP contribution < -0.4 is 5.32 Å². The van der Waals surface area contributed by atoms with Crippen molar-refractivity contribution in [1.82, 2.24) is 5.32 Å². The average molecular weight is 279 g/mol. The molecule has 0 aromatic carbocycles. The molecule has 2 aromatic heterocycles. The molecule has 0 saturated heterocycles. The predicted octanol–water partition coefficient (Wildman–Crippen LogP) is 4.79. The van der Waals surface area contributed by atoms with Crippen molar-refractivity contribution < 1.29 is 0 Å². The van der Waals surface area contributed by atoms with Crippen LogP contribution in [0.3, 0.4) is 0 Å². The van der Waals surface area contributed by atoms with E-state index in [4.69, 9.17) is 0 Å². The Labute approximate surface area is 118 Å². The van der Waals surface area contributed by atoms with Gasteiger partial charge in [0.25, 0.3) is 0 Å². The fourth-order valence-corrected chi connectivity index (χ4v) is 3.72. The first kappa shape index (κ1) is 13.8. The molecular formula is C15H21NS2. The zero-order chi connectivity index (χ0) is 12.8. The number of hydrogen-bond donors (Lipinski definition) is 1. The van der Waals surface area contributed by atoms with E-state index in [1.165, 1.54) is 34.6 Å². The molecule has 0 amide bonds. The van der Waals surface area contributed by atoms with Gasteiger partial charge in [0.05, 0.1) is 0 Å². The Bertz CT molecular complexity index is 445. The summed E-state index contributed by atoms with van der Waals surface area (Å²) in [6.07, 6.45) is 3.69. The Kier molecular flexibility index (Phi) is 5.42. The minimum absolute atomic E-state index is 0.528. The van der Waals surface area contributed by atoms with Gasteiger partial charge in [0.2, 0.25) is 0 Å². The second-order valence-electron chi connectivity index (χ2n) is 4.57. The fraction of sp³-hybridized carbons (Fsp3) is 0.467. The van der Waals surface area contributed by atoms with E-state index in [-0.39, 0.29) is 0 Å². The molecular weight excluding hydrogens is 258 g/mol. The molecule has 98 valence electrons. The second kappa shape index (κ2) is 7.07. The molecule has 0 aliphatic carbocycles. The summed E-state index contributed by atoms with van der Waals surface area (Å²) in [6.45, 7) is 5.41. The SMILES string of the molecule is CCNC(CCCc1cccs1)c1csc(C)c1. The summed E-state index contributed by atoms with van der Waals surface area (Å²) in [5, 5.41) is 8.07. The van der Waals surface area contributed by atoms with Crippen LogP contribution in [0, 0.1) is 6.92 Å². The minimum Gasteiger partial charge on any atom is -0.310 e. The summed E-state index contributed by atoms with van der Waals surface area (Å²) in [4.78, 5) is 2.91. The van der Waals surface area contributed by atoms with E-state index in [9.17, 15) is 0 Å². The molecule has 0 bridgehead atoms. The quantitative estimate of drug-likeness (QED) is 0.768. The molecule has 3 heteroatoms. The monoisotopic (exact) mass is 279 g/mol. The fourth-order valence-electron chi connectivity index (χ4n) is 2.21. The molecule has 2 rings (SSSR count). The number of rotatable bonds is 7. The van der Waals surface area contributed by atoms with Crippen molar-refractivity contribution in [2.75, 3.05) is 6.54 Å². The molecule has 0 saturated carbocycles. The van der Waals surface area contributed by atoms with Gasteiger partial charge >= 0.3 is 0 Å². The van der Waals surface area contributed by atoms with Gasteiger partial charge in [0.1, 0.15) is 0 Å². The van der Waals surface area contributed by atoms with Crippen molar-refractivity contribution in [2.45, 2.75) is 39.2 Å². The van der Waals surface area contributed by atoms with Crippen molar-refractivity contribution in [1.29, 1.82) is 0 Å². The number of hydrogen-bond acceptors (Lipinski definition) is 3. The molecule has 0 radical (unpaired) electrons. The lowest BCUT2D eigenvalue weighted by molar-refractivity contribution is 0.500. The van der Waals surface area contributed by atoms with Crippen molar-refractivity contribution in [2.24, 2.45) is 0 Å². The van der Waals surface area contributed by atoms with Gasteiger partial charge in [0.15, 0.2) is 0 Å². The lowest BCUT2D eigenvalue weighted by atomic mass is 10.0. The van der Waals surface area contributed by atoms with Gasteiger partial charge in [-0.2, -0.15) is 0 Å². The Balaban J connectivity index is 1.86. The first-order valence-corrected chi connectivity index (χ1v) is 8.36. The maximum Gasteiger partial charge on any atom is 0.0328 e. The summed E-state index contributed by atoms with van der Waals surface area (Å²) in [5.74, 6) is 0. The van der Waals surface area contributed by atoms with E-state index in [1.807, 2.05) is 22.7 Å². The third kappa shape index (κ3) is 3.94. The van der Waals surface area contributed by atoms with E-state index >= 15 is 0 Å². The van der Waals surface area contributed by atoms with Crippen molar-refractivity contribution in [3.05, 3.63) is 44.3 Å². The van der Waals surface area contributed by atoms with Gasteiger partial charge in [0, 0.05) is 15.8 Å². The Morgan fingerprint density at radius 2 is 2.22 bits per heavy atom. The molecule has 0 aliphatic rings. The van der Waals surface area contributed by atoms with Crippen LogP contribution in [0.2, 0.25) is 0 Å². The number of thiophene rings is 2. The van der Waals surface area contributed by atoms with Gasteiger partial charge in [-0.05, 0) is 61.2 Å². The summed E-state index contributed by atoms with van der Waals surface area (Å²) >= 11 is 3.72. The molecule has 1 nitrogen and oxygen atoms in total. The Hall–Kier alpha value is -0.640. The molecule has 2 heterocycles. The summed E-state index contributed by atoms with van der Waals surface area (Å²) < 4.78 is 0. The van der Waals surface area contributed by atoms with Crippen molar-refractivity contribution >= 4 is 22.7 Å². The van der Waals surface area contributed by atoms with Crippen molar-refractivity contribution in [3.63, 3.8) is 0 Å². The minimum atomic E-state index is 0.528. The molecule has 0 spiro atoms. The maximum atomic E-state index is 3.60. The van der Waals surface area contributed by atoms with E-state index in [1.54, 1.807) is 0 Å². The largest absolute Gasteiger partial charge is 0.310 e. The van der Waals surface area contributed by atoms with Crippen LogP contribution in [0.15, 0.2) is 29.0 Å². The Morgan fingerprint density at radius 3 is 2.83 bits per heavy atom.